The van der Waals surface area contributed by atoms with E-state index in [0.717, 1.165) is 37.9 Å². The molecule has 0 spiro atoms. The van der Waals surface area contributed by atoms with Crippen LogP contribution in [-0.2, 0) is 0 Å². The molecule has 0 unspecified atom stereocenters. The number of pyridine rings is 1. The van der Waals surface area contributed by atoms with Crippen molar-refractivity contribution in [3.63, 3.8) is 0 Å². The van der Waals surface area contributed by atoms with Crippen LogP contribution in [0.25, 0.3) is 31.2 Å². The summed E-state index contributed by atoms with van der Waals surface area (Å²) in [6.45, 7) is 0. The van der Waals surface area contributed by atoms with Crippen molar-refractivity contribution in [2.24, 2.45) is 0 Å². The molecule has 5 aromatic rings. The first-order valence-electron chi connectivity index (χ1n) is 7.37. The third-order valence-electron chi connectivity index (χ3n) is 4.03. The maximum atomic E-state index is 9.92. The van der Waals surface area contributed by atoms with Gasteiger partial charge in [-0.05, 0) is 36.4 Å². The van der Waals surface area contributed by atoms with Gasteiger partial charge in [0.1, 0.15) is 5.75 Å². The predicted molar refractivity (Wildman–Crippen MR) is 102 cm³/mol. The van der Waals surface area contributed by atoms with Gasteiger partial charge in [-0.1, -0.05) is 0 Å². The van der Waals surface area contributed by atoms with Crippen molar-refractivity contribution in [1.29, 1.82) is 0 Å². The van der Waals surface area contributed by atoms with Gasteiger partial charge in [-0.15, -0.1) is 22.7 Å². The van der Waals surface area contributed by atoms with Gasteiger partial charge >= 0.3 is 0 Å². The zero-order chi connectivity index (χ0) is 16.1. The first-order valence-corrected chi connectivity index (χ1v) is 9.13. The van der Waals surface area contributed by atoms with E-state index in [1.54, 1.807) is 22.9 Å². The number of hydrogen-bond donors (Lipinski definition) is 2. The Labute approximate surface area is 145 Å². The van der Waals surface area contributed by atoms with E-state index in [0.29, 0.717) is 5.75 Å². The molecule has 2 N–H and O–H groups in total. The third kappa shape index (κ3) is 2.11. The van der Waals surface area contributed by atoms with Gasteiger partial charge in [0.2, 0.25) is 0 Å². The molecule has 0 saturated heterocycles. The molecule has 24 heavy (non-hydrogen) atoms. The third-order valence-corrected chi connectivity index (χ3v) is 5.77. The lowest BCUT2D eigenvalue weighted by Crippen LogP contribution is -1.92. The molecule has 0 atom stereocenters. The first-order chi connectivity index (χ1) is 11.8. The molecule has 2 aromatic carbocycles. The smallest absolute Gasteiger partial charge is 0.134 e. The number of aromatic hydroxyl groups is 1. The summed E-state index contributed by atoms with van der Waals surface area (Å²) < 4.78 is 2.22. The second-order valence-electron chi connectivity index (χ2n) is 5.50. The summed E-state index contributed by atoms with van der Waals surface area (Å²) in [5, 5.41) is 17.0. The van der Waals surface area contributed by atoms with Crippen molar-refractivity contribution in [2.45, 2.75) is 0 Å². The molecule has 0 aliphatic heterocycles. The van der Waals surface area contributed by atoms with Crippen LogP contribution in [0.3, 0.4) is 0 Å². The van der Waals surface area contributed by atoms with Crippen molar-refractivity contribution in [3.05, 3.63) is 53.5 Å². The highest BCUT2D eigenvalue weighted by Gasteiger charge is 2.09. The molecule has 116 valence electrons. The Morgan fingerprint density at radius 2 is 1.83 bits per heavy atom. The standard InChI is InChI=1S/C18H11N3OS2/c22-16-8-23-18-7-11-13(3-4-19-14(11)6-12(16)18)21-10-1-2-17-15(5-10)20-9-24-17/h1-9,22H,(H,19,21). The van der Waals surface area contributed by atoms with Crippen LogP contribution < -0.4 is 5.32 Å². The molecule has 0 aliphatic rings. The van der Waals surface area contributed by atoms with E-state index >= 15 is 0 Å². The quantitative estimate of drug-likeness (QED) is 0.441. The summed E-state index contributed by atoms with van der Waals surface area (Å²) in [5.74, 6) is 0.311. The highest BCUT2D eigenvalue weighted by molar-refractivity contribution is 7.17. The number of thiophene rings is 1. The Bertz CT molecular complexity index is 1210. The van der Waals surface area contributed by atoms with Crippen molar-refractivity contribution in [1.82, 2.24) is 9.97 Å². The van der Waals surface area contributed by atoms with E-state index < -0.39 is 0 Å². The summed E-state index contributed by atoms with van der Waals surface area (Å²) in [5.41, 5.74) is 5.69. The Hall–Kier alpha value is -2.70. The fraction of sp³-hybridized carbons (Fsp3) is 0. The zero-order valence-corrected chi connectivity index (χ0v) is 14.0. The van der Waals surface area contributed by atoms with Gasteiger partial charge < -0.3 is 10.4 Å². The lowest BCUT2D eigenvalue weighted by molar-refractivity contribution is 0.484. The molecular formula is C18H11N3OS2. The number of thiazole rings is 1. The minimum Gasteiger partial charge on any atom is -0.506 e. The topological polar surface area (TPSA) is 58.0 Å². The van der Waals surface area contributed by atoms with E-state index in [1.807, 2.05) is 23.7 Å². The maximum Gasteiger partial charge on any atom is 0.134 e. The van der Waals surface area contributed by atoms with Crippen LogP contribution in [0.4, 0.5) is 11.4 Å². The molecule has 0 aliphatic carbocycles. The summed E-state index contributed by atoms with van der Waals surface area (Å²) in [4.78, 5) is 8.81. The molecule has 3 aromatic heterocycles. The van der Waals surface area contributed by atoms with Crippen LogP contribution in [0.2, 0.25) is 0 Å². The van der Waals surface area contributed by atoms with Crippen LogP contribution in [-0.4, -0.2) is 15.1 Å². The van der Waals surface area contributed by atoms with Crippen molar-refractivity contribution in [3.8, 4) is 5.75 Å². The molecule has 4 nitrogen and oxygen atoms in total. The molecule has 0 bridgehead atoms. The Morgan fingerprint density at radius 1 is 0.875 bits per heavy atom. The second kappa shape index (κ2) is 5.15. The summed E-state index contributed by atoms with van der Waals surface area (Å²) in [6.07, 6.45) is 1.78. The number of nitrogens with zero attached hydrogens (tertiary/aromatic N) is 2. The molecule has 5 rings (SSSR count). The van der Waals surface area contributed by atoms with E-state index in [2.05, 4.69) is 33.5 Å². The normalized spacial score (nSPS) is 11.5. The zero-order valence-electron chi connectivity index (χ0n) is 12.4. The molecule has 0 saturated carbocycles. The van der Waals surface area contributed by atoms with E-state index in [-0.39, 0.29) is 0 Å². The predicted octanol–water partition coefficient (Wildman–Crippen LogP) is 5.51. The summed E-state index contributed by atoms with van der Waals surface area (Å²) in [6, 6.07) is 12.2. The number of aromatic nitrogens is 2. The fourth-order valence-corrected chi connectivity index (χ4v) is 4.35. The van der Waals surface area contributed by atoms with Crippen LogP contribution >= 0.6 is 22.7 Å². The van der Waals surface area contributed by atoms with Gasteiger partial charge in [0, 0.05) is 38.4 Å². The first kappa shape index (κ1) is 13.7. The van der Waals surface area contributed by atoms with Gasteiger partial charge in [-0.2, -0.15) is 0 Å². The van der Waals surface area contributed by atoms with Crippen molar-refractivity contribution < 1.29 is 5.11 Å². The highest BCUT2D eigenvalue weighted by Crippen LogP contribution is 2.36. The highest BCUT2D eigenvalue weighted by atomic mass is 32.1. The average Bonchev–Trinajstić information content (AvgIpc) is 3.20. The van der Waals surface area contributed by atoms with Crippen LogP contribution in [0.5, 0.6) is 5.75 Å². The molecule has 6 heteroatoms. The summed E-state index contributed by atoms with van der Waals surface area (Å²) in [7, 11) is 0. The lowest BCUT2D eigenvalue weighted by atomic mass is 10.1. The SMILES string of the molecule is Oc1csc2cc3c(Nc4ccc5scnc5c4)ccnc3cc12. The number of rotatable bonds is 2. The van der Waals surface area contributed by atoms with Crippen LogP contribution in [0.15, 0.2) is 53.5 Å². The van der Waals surface area contributed by atoms with Crippen LogP contribution in [0.1, 0.15) is 0 Å². The van der Waals surface area contributed by atoms with Gasteiger partial charge in [-0.25, -0.2) is 4.98 Å². The molecule has 0 radical (unpaired) electrons. The van der Waals surface area contributed by atoms with Gasteiger partial charge in [0.05, 0.1) is 21.2 Å². The molecular weight excluding hydrogens is 338 g/mol. The van der Waals surface area contributed by atoms with Crippen molar-refractivity contribution >= 4 is 65.3 Å². The minimum absolute atomic E-state index is 0.311. The Balaban J connectivity index is 1.66. The van der Waals surface area contributed by atoms with Gasteiger partial charge in [-0.3, -0.25) is 4.98 Å². The van der Waals surface area contributed by atoms with E-state index in [1.165, 1.54) is 16.0 Å². The largest absolute Gasteiger partial charge is 0.506 e. The van der Waals surface area contributed by atoms with E-state index in [9.17, 15) is 5.11 Å². The molecule has 0 amide bonds. The number of fused-ring (bicyclic) bond motifs is 3. The Morgan fingerprint density at radius 3 is 2.79 bits per heavy atom. The average molecular weight is 349 g/mol. The van der Waals surface area contributed by atoms with Gasteiger partial charge in [0.25, 0.3) is 0 Å². The second-order valence-corrected chi connectivity index (χ2v) is 7.30. The number of hydrogen-bond acceptors (Lipinski definition) is 6. The number of nitrogens with one attached hydrogen (secondary N) is 1. The van der Waals surface area contributed by atoms with Crippen molar-refractivity contribution in [2.75, 3.05) is 5.32 Å². The fourth-order valence-electron chi connectivity index (χ4n) is 2.85. The number of anilines is 2. The monoisotopic (exact) mass is 349 g/mol. The summed E-state index contributed by atoms with van der Waals surface area (Å²) >= 11 is 3.17. The lowest BCUT2D eigenvalue weighted by Gasteiger charge is -2.10. The molecule has 3 heterocycles. The maximum absolute atomic E-state index is 9.92. The van der Waals surface area contributed by atoms with E-state index in [4.69, 9.17) is 0 Å². The minimum atomic E-state index is 0.311. The molecule has 0 fully saturated rings. The van der Waals surface area contributed by atoms with Crippen LogP contribution in [0, 0.1) is 0 Å². The Kier molecular flexibility index (Phi) is 2.95. The number of benzene rings is 2. The van der Waals surface area contributed by atoms with Gasteiger partial charge in [0.15, 0.2) is 0 Å².